The highest BCUT2D eigenvalue weighted by molar-refractivity contribution is 5.78. The van der Waals surface area contributed by atoms with E-state index in [9.17, 15) is 4.79 Å². The Morgan fingerprint density at radius 2 is 1.19 bits per heavy atom. The number of benzene rings is 3. The number of hydrogen-bond donors (Lipinski definition) is 1. The number of hydrogen-bond acceptors (Lipinski definition) is 5. The number of rotatable bonds is 9. The molecule has 0 radical (unpaired) electrons. The van der Waals surface area contributed by atoms with E-state index in [0.717, 1.165) is 11.1 Å². The third-order valence-electron chi connectivity index (χ3n) is 5.86. The lowest BCUT2D eigenvalue weighted by Gasteiger charge is -2.40. The van der Waals surface area contributed by atoms with Gasteiger partial charge in [-0.3, -0.25) is 0 Å². The highest BCUT2D eigenvalue weighted by Gasteiger charge is 2.39. The highest BCUT2D eigenvalue weighted by Crippen LogP contribution is 2.37. The third-order valence-corrected chi connectivity index (χ3v) is 5.86. The van der Waals surface area contributed by atoms with E-state index in [-0.39, 0.29) is 16.9 Å². The minimum atomic E-state index is -0.945. The first-order valence-corrected chi connectivity index (χ1v) is 12.4. The Kier molecular flexibility index (Phi) is 8.80. The Hall–Kier alpha value is -3.31. The minimum absolute atomic E-state index is 0.229. The predicted octanol–water partition coefficient (Wildman–Crippen LogP) is 6.85. The fraction of sp³-hybridized carbons (Fsp3) is 0.387. The topological polar surface area (TPSA) is 70.8 Å². The van der Waals surface area contributed by atoms with Crippen LogP contribution in [-0.4, -0.2) is 12.1 Å². The van der Waals surface area contributed by atoms with Crippen LogP contribution in [0.4, 0.5) is 0 Å². The van der Waals surface area contributed by atoms with Gasteiger partial charge in [0.25, 0.3) is 0 Å². The van der Waals surface area contributed by atoms with E-state index in [2.05, 4.69) is 41.5 Å². The Balaban J connectivity index is 1.82. The lowest BCUT2D eigenvalue weighted by molar-refractivity contribution is -0.165. The van der Waals surface area contributed by atoms with E-state index in [4.69, 9.17) is 19.9 Å². The van der Waals surface area contributed by atoms with Gasteiger partial charge in [-0.1, -0.05) is 108 Å². The summed E-state index contributed by atoms with van der Waals surface area (Å²) in [7, 11) is 0. The molecule has 1 atom stereocenters. The van der Waals surface area contributed by atoms with Crippen molar-refractivity contribution in [2.24, 2.45) is 16.6 Å². The monoisotopic (exact) mass is 489 g/mol. The molecule has 0 heterocycles. The summed E-state index contributed by atoms with van der Waals surface area (Å²) in [6, 6.07) is 24.2. The smallest absolute Gasteiger partial charge is 0.327 e. The minimum Gasteiger partial charge on any atom is -0.485 e. The normalized spacial score (nSPS) is 12.8. The molecule has 36 heavy (non-hydrogen) atoms. The average molecular weight is 490 g/mol. The van der Waals surface area contributed by atoms with Crippen molar-refractivity contribution in [1.82, 2.24) is 0 Å². The van der Waals surface area contributed by atoms with Crippen molar-refractivity contribution < 1.29 is 19.0 Å². The molecule has 0 aliphatic rings. The number of carbonyl (C=O) groups is 1. The maximum Gasteiger partial charge on any atom is 0.327 e. The standard InChI is InChI=1S/C31H39NO4/c1-30(2,3)29(31(4,5)6)36-28(33)27(32)24-17-18-25(34-20-22-13-9-7-10-14-22)26(19-24)35-21-23-15-11-8-12-16-23/h7-19,27,29H,20-21,32H2,1-6H3. The van der Waals surface area contributed by atoms with Gasteiger partial charge in [0, 0.05) is 0 Å². The van der Waals surface area contributed by atoms with Crippen molar-refractivity contribution in [3.05, 3.63) is 95.6 Å². The van der Waals surface area contributed by atoms with E-state index >= 15 is 0 Å². The molecule has 0 saturated heterocycles. The lowest BCUT2D eigenvalue weighted by Crippen LogP contribution is -2.43. The summed E-state index contributed by atoms with van der Waals surface area (Å²) in [5.41, 5.74) is 8.62. The second-order valence-electron chi connectivity index (χ2n) is 11.3. The van der Waals surface area contributed by atoms with Crippen LogP contribution in [0.5, 0.6) is 11.5 Å². The summed E-state index contributed by atoms with van der Waals surface area (Å²) in [5, 5.41) is 0. The van der Waals surface area contributed by atoms with Crippen LogP contribution in [0.15, 0.2) is 78.9 Å². The first kappa shape index (κ1) is 27.3. The van der Waals surface area contributed by atoms with E-state index in [1.165, 1.54) is 0 Å². The van der Waals surface area contributed by atoms with Gasteiger partial charge < -0.3 is 19.9 Å². The first-order chi connectivity index (χ1) is 16.9. The SMILES string of the molecule is CC(C)(C)C(OC(=O)C(N)c1ccc(OCc2ccccc2)c(OCc2ccccc2)c1)C(C)(C)C. The van der Waals surface area contributed by atoms with Crippen LogP contribution in [0.3, 0.4) is 0 Å². The van der Waals surface area contributed by atoms with Gasteiger partial charge >= 0.3 is 5.97 Å². The summed E-state index contributed by atoms with van der Waals surface area (Å²) >= 11 is 0. The maximum absolute atomic E-state index is 13.1. The zero-order valence-electron chi connectivity index (χ0n) is 22.3. The molecule has 0 spiro atoms. The van der Waals surface area contributed by atoms with Gasteiger partial charge in [-0.15, -0.1) is 0 Å². The number of nitrogens with two attached hydrogens (primary N) is 1. The summed E-state index contributed by atoms with van der Waals surface area (Å²) in [5.74, 6) is 0.650. The van der Waals surface area contributed by atoms with Crippen LogP contribution in [0.1, 0.15) is 64.3 Å². The Morgan fingerprint density at radius 3 is 1.67 bits per heavy atom. The van der Waals surface area contributed by atoms with Gasteiger partial charge in [-0.25, -0.2) is 4.79 Å². The summed E-state index contributed by atoms with van der Waals surface area (Å²) in [6.45, 7) is 13.2. The van der Waals surface area contributed by atoms with Crippen molar-refractivity contribution in [1.29, 1.82) is 0 Å². The summed E-state index contributed by atoms with van der Waals surface area (Å²) < 4.78 is 18.2. The number of esters is 1. The zero-order chi connectivity index (χ0) is 26.3. The predicted molar refractivity (Wildman–Crippen MR) is 144 cm³/mol. The summed E-state index contributed by atoms with van der Waals surface area (Å²) in [6.07, 6.45) is -0.300. The number of carbonyl (C=O) groups excluding carboxylic acids is 1. The van der Waals surface area contributed by atoms with Gasteiger partial charge in [-0.2, -0.15) is 0 Å². The molecule has 3 aromatic rings. The molecule has 3 rings (SSSR count). The Bertz CT molecular complexity index is 1100. The molecule has 0 fully saturated rings. The second-order valence-corrected chi connectivity index (χ2v) is 11.3. The molecule has 5 nitrogen and oxygen atoms in total. The van der Waals surface area contributed by atoms with Gasteiger partial charge in [0.05, 0.1) is 0 Å². The van der Waals surface area contributed by atoms with E-state index in [1.54, 1.807) is 18.2 Å². The third kappa shape index (κ3) is 7.59. The molecule has 1 unspecified atom stereocenters. The van der Waals surface area contributed by atoms with E-state index in [0.29, 0.717) is 30.3 Å². The molecule has 0 aromatic heterocycles. The molecule has 192 valence electrons. The van der Waals surface area contributed by atoms with Crippen molar-refractivity contribution in [2.45, 2.75) is 66.9 Å². The van der Waals surface area contributed by atoms with Crippen LogP contribution in [0.25, 0.3) is 0 Å². The van der Waals surface area contributed by atoms with Gasteiger partial charge in [0.2, 0.25) is 0 Å². The molecule has 0 bridgehead atoms. The molecule has 5 heteroatoms. The van der Waals surface area contributed by atoms with Crippen molar-refractivity contribution >= 4 is 5.97 Å². The molecule has 0 aliphatic carbocycles. The molecule has 3 aromatic carbocycles. The zero-order valence-corrected chi connectivity index (χ0v) is 22.3. The van der Waals surface area contributed by atoms with Crippen molar-refractivity contribution in [3.8, 4) is 11.5 Å². The van der Waals surface area contributed by atoms with Crippen LogP contribution in [0, 0.1) is 10.8 Å². The fourth-order valence-corrected chi connectivity index (χ4v) is 4.40. The fourth-order valence-electron chi connectivity index (χ4n) is 4.40. The van der Waals surface area contributed by atoms with Crippen LogP contribution in [-0.2, 0) is 22.7 Å². The molecule has 2 N–H and O–H groups in total. The van der Waals surface area contributed by atoms with Crippen molar-refractivity contribution in [2.75, 3.05) is 0 Å². The van der Waals surface area contributed by atoms with E-state index in [1.807, 2.05) is 60.7 Å². The average Bonchev–Trinajstić information content (AvgIpc) is 2.84. The molecule has 0 amide bonds. The number of ether oxygens (including phenoxy) is 3. The van der Waals surface area contributed by atoms with Crippen LogP contribution < -0.4 is 15.2 Å². The Morgan fingerprint density at radius 1 is 0.722 bits per heavy atom. The summed E-state index contributed by atoms with van der Waals surface area (Å²) in [4.78, 5) is 13.1. The quantitative estimate of drug-likeness (QED) is 0.333. The maximum atomic E-state index is 13.1. The van der Waals surface area contributed by atoms with Crippen LogP contribution >= 0.6 is 0 Å². The van der Waals surface area contributed by atoms with Gasteiger partial charge in [0.1, 0.15) is 25.4 Å². The first-order valence-electron chi connectivity index (χ1n) is 12.4. The van der Waals surface area contributed by atoms with Crippen LogP contribution in [0.2, 0.25) is 0 Å². The van der Waals surface area contributed by atoms with Gasteiger partial charge in [-0.05, 0) is 39.7 Å². The van der Waals surface area contributed by atoms with Crippen molar-refractivity contribution in [3.63, 3.8) is 0 Å². The largest absolute Gasteiger partial charge is 0.485 e. The molecular formula is C31H39NO4. The molecule has 0 aliphatic heterocycles. The lowest BCUT2D eigenvalue weighted by atomic mass is 9.74. The van der Waals surface area contributed by atoms with Gasteiger partial charge in [0.15, 0.2) is 11.5 Å². The Labute approximate surface area is 215 Å². The molecular weight excluding hydrogens is 450 g/mol. The molecule has 0 saturated carbocycles. The highest BCUT2D eigenvalue weighted by atomic mass is 16.5. The second kappa shape index (κ2) is 11.6. The van der Waals surface area contributed by atoms with E-state index < -0.39 is 12.0 Å².